The van der Waals surface area contributed by atoms with Gasteiger partial charge in [-0.05, 0) is 56.2 Å². The highest BCUT2D eigenvalue weighted by atomic mass is 35.5. The molecule has 1 heterocycles. The Bertz CT molecular complexity index is 1240. The van der Waals surface area contributed by atoms with E-state index in [-0.39, 0.29) is 11.4 Å². The van der Waals surface area contributed by atoms with Crippen molar-refractivity contribution in [2.75, 3.05) is 7.11 Å². The van der Waals surface area contributed by atoms with Crippen LogP contribution in [0.1, 0.15) is 41.6 Å². The van der Waals surface area contributed by atoms with Crippen LogP contribution in [0.5, 0.6) is 17.2 Å². The van der Waals surface area contributed by atoms with E-state index in [1.165, 1.54) is 50.6 Å². The van der Waals surface area contributed by atoms with Gasteiger partial charge < -0.3 is 24.6 Å². The van der Waals surface area contributed by atoms with Gasteiger partial charge in [0.05, 0.1) is 12.1 Å². The molecule has 0 radical (unpaired) electrons. The van der Waals surface area contributed by atoms with Gasteiger partial charge >= 0.3 is 5.97 Å². The van der Waals surface area contributed by atoms with Gasteiger partial charge in [-0.2, -0.15) is 0 Å². The number of rotatable bonds is 9. The molecule has 3 atom stereocenters. The highest BCUT2D eigenvalue weighted by Gasteiger charge is 2.29. The number of pyridine rings is 1. The zero-order valence-electron chi connectivity index (χ0n) is 20.1. The number of aromatic hydroxyl groups is 1. The molecule has 3 rings (SSSR count). The minimum Gasteiger partial charge on any atom is -0.503 e. The number of carbonyl (C=O) groups excluding carboxylic acids is 2. The average Bonchev–Trinajstić information content (AvgIpc) is 2.84. The second kappa shape index (κ2) is 11.7. The van der Waals surface area contributed by atoms with Gasteiger partial charge in [0.25, 0.3) is 5.91 Å². The molecule has 1 aromatic heterocycles. The molecular formula is C26H26ClFN2O6. The first-order valence-electron chi connectivity index (χ1n) is 11.0. The molecule has 0 spiro atoms. The summed E-state index contributed by atoms with van der Waals surface area (Å²) in [6.45, 7) is 4.92. The Morgan fingerprint density at radius 3 is 2.42 bits per heavy atom. The lowest BCUT2D eigenvalue weighted by Crippen LogP contribution is -2.42. The van der Waals surface area contributed by atoms with Crippen LogP contribution in [0.3, 0.4) is 0 Å². The molecule has 2 aromatic carbocycles. The molecule has 36 heavy (non-hydrogen) atoms. The fourth-order valence-corrected chi connectivity index (χ4v) is 3.64. The van der Waals surface area contributed by atoms with Gasteiger partial charge in [-0.3, -0.25) is 4.79 Å². The van der Waals surface area contributed by atoms with Crippen molar-refractivity contribution in [1.82, 2.24) is 10.3 Å². The first kappa shape index (κ1) is 26.7. The van der Waals surface area contributed by atoms with E-state index in [2.05, 4.69) is 10.3 Å². The molecule has 190 valence electrons. The van der Waals surface area contributed by atoms with Gasteiger partial charge in [0, 0.05) is 12.3 Å². The zero-order chi connectivity index (χ0) is 26.4. The van der Waals surface area contributed by atoms with E-state index in [0.29, 0.717) is 16.3 Å². The van der Waals surface area contributed by atoms with E-state index in [1.807, 2.05) is 13.0 Å². The topological polar surface area (TPSA) is 107 Å². The van der Waals surface area contributed by atoms with Crippen LogP contribution in [-0.4, -0.2) is 41.2 Å². The fraction of sp³-hybridized carbons (Fsp3) is 0.269. The Balaban J connectivity index is 1.75. The molecule has 10 heteroatoms. The van der Waals surface area contributed by atoms with Crippen LogP contribution in [0.4, 0.5) is 4.39 Å². The minimum absolute atomic E-state index is 0.0630. The van der Waals surface area contributed by atoms with E-state index in [4.69, 9.17) is 25.8 Å². The summed E-state index contributed by atoms with van der Waals surface area (Å²) in [4.78, 5) is 29.2. The van der Waals surface area contributed by atoms with E-state index in [1.54, 1.807) is 19.1 Å². The molecule has 0 unspecified atom stereocenters. The van der Waals surface area contributed by atoms with Crippen molar-refractivity contribution in [3.8, 4) is 17.2 Å². The van der Waals surface area contributed by atoms with Crippen molar-refractivity contribution in [1.29, 1.82) is 0 Å². The number of methoxy groups -OCH3 is 1. The molecule has 0 saturated carbocycles. The molecular weight excluding hydrogens is 491 g/mol. The van der Waals surface area contributed by atoms with Gasteiger partial charge in [-0.25, -0.2) is 14.2 Å². The molecule has 0 aliphatic rings. The van der Waals surface area contributed by atoms with Crippen LogP contribution in [0, 0.1) is 12.7 Å². The Morgan fingerprint density at radius 2 is 1.78 bits per heavy atom. The third kappa shape index (κ3) is 6.42. The van der Waals surface area contributed by atoms with Crippen molar-refractivity contribution in [2.24, 2.45) is 0 Å². The summed E-state index contributed by atoms with van der Waals surface area (Å²) in [5.74, 6) is -2.01. The molecule has 0 aliphatic carbocycles. The van der Waals surface area contributed by atoms with Crippen LogP contribution >= 0.6 is 11.6 Å². The second-order valence-electron chi connectivity index (χ2n) is 8.07. The van der Waals surface area contributed by atoms with Crippen molar-refractivity contribution < 1.29 is 33.3 Å². The number of aryl methyl sites for hydroxylation is 1. The highest BCUT2D eigenvalue weighted by Crippen LogP contribution is 2.33. The SMILES string of the molecule is COc1ccnc(C(=O)N[C@@H](C)C(=O)O[C@@H](C)[C@H](Oc2ccc(C)cc2Cl)c2ccc(F)cc2)c1O. The lowest BCUT2D eigenvalue weighted by Gasteiger charge is -2.27. The monoisotopic (exact) mass is 516 g/mol. The summed E-state index contributed by atoms with van der Waals surface area (Å²) in [7, 11) is 1.33. The number of carbonyl (C=O) groups is 2. The fourth-order valence-electron chi connectivity index (χ4n) is 3.36. The van der Waals surface area contributed by atoms with Crippen molar-refractivity contribution in [2.45, 2.75) is 39.0 Å². The Labute approximate surface area is 213 Å². The number of nitrogens with zero attached hydrogens (tertiary/aromatic N) is 1. The Morgan fingerprint density at radius 1 is 1.08 bits per heavy atom. The molecule has 0 saturated heterocycles. The van der Waals surface area contributed by atoms with Crippen LogP contribution in [0.2, 0.25) is 5.02 Å². The van der Waals surface area contributed by atoms with E-state index in [9.17, 15) is 19.1 Å². The summed E-state index contributed by atoms with van der Waals surface area (Å²) in [6, 6.07) is 11.1. The van der Waals surface area contributed by atoms with Crippen LogP contribution in [0.25, 0.3) is 0 Å². The summed E-state index contributed by atoms with van der Waals surface area (Å²) < 4.78 is 30.2. The van der Waals surface area contributed by atoms with Crippen molar-refractivity contribution in [3.63, 3.8) is 0 Å². The lowest BCUT2D eigenvalue weighted by atomic mass is 10.0. The standard InChI is InChI=1S/C26H26ClFN2O6/c1-14-5-10-20(19(27)13-14)36-24(17-6-8-18(28)9-7-17)16(3)35-26(33)15(2)30-25(32)22-23(31)21(34-4)11-12-29-22/h5-13,15-16,24,31H,1-4H3,(H,30,32)/t15-,16-,24-/m0/s1. The van der Waals surface area contributed by atoms with Crippen LogP contribution in [0.15, 0.2) is 54.7 Å². The number of benzene rings is 2. The van der Waals surface area contributed by atoms with E-state index < -0.39 is 41.7 Å². The number of hydrogen-bond donors (Lipinski definition) is 2. The van der Waals surface area contributed by atoms with Crippen LogP contribution in [-0.2, 0) is 9.53 Å². The molecule has 1 amide bonds. The normalized spacial score (nSPS) is 13.3. The summed E-state index contributed by atoms with van der Waals surface area (Å²) in [6.07, 6.45) is -0.399. The minimum atomic E-state index is -1.09. The third-order valence-electron chi connectivity index (χ3n) is 5.29. The molecule has 0 fully saturated rings. The number of ether oxygens (including phenoxy) is 3. The Kier molecular flexibility index (Phi) is 8.71. The average molecular weight is 517 g/mol. The van der Waals surface area contributed by atoms with E-state index in [0.717, 1.165) is 5.56 Å². The van der Waals surface area contributed by atoms with Gasteiger partial charge in [0.15, 0.2) is 23.3 Å². The van der Waals surface area contributed by atoms with Crippen molar-refractivity contribution in [3.05, 3.63) is 82.4 Å². The summed E-state index contributed by atoms with van der Waals surface area (Å²) >= 11 is 6.32. The number of nitrogens with one attached hydrogen (secondary N) is 1. The maximum absolute atomic E-state index is 13.5. The van der Waals surface area contributed by atoms with Crippen LogP contribution < -0.4 is 14.8 Å². The maximum Gasteiger partial charge on any atom is 0.328 e. The summed E-state index contributed by atoms with van der Waals surface area (Å²) in [5, 5.41) is 12.9. The highest BCUT2D eigenvalue weighted by molar-refractivity contribution is 6.32. The maximum atomic E-state index is 13.5. The number of aromatic nitrogens is 1. The summed E-state index contributed by atoms with van der Waals surface area (Å²) in [5.41, 5.74) is 1.19. The second-order valence-corrected chi connectivity index (χ2v) is 8.48. The van der Waals surface area contributed by atoms with Gasteiger partial charge in [-0.1, -0.05) is 29.8 Å². The number of esters is 1. The number of amides is 1. The van der Waals surface area contributed by atoms with Gasteiger partial charge in [0.2, 0.25) is 0 Å². The van der Waals surface area contributed by atoms with Gasteiger partial charge in [0.1, 0.15) is 23.7 Å². The number of halogens is 2. The molecule has 2 N–H and O–H groups in total. The molecule has 0 bridgehead atoms. The zero-order valence-corrected chi connectivity index (χ0v) is 20.9. The molecule has 8 nitrogen and oxygen atoms in total. The molecule has 3 aromatic rings. The van der Waals surface area contributed by atoms with E-state index >= 15 is 0 Å². The number of hydrogen-bond acceptors (Lipinski definition) is 7. The van der Waals surface area contributed by atoms with Crippen molar-refractivity contribution >= 4 is 23.5 Å². The Hall–Kier alpha value is -3.85. The van der Waals surface area contributed by atoms with Gasteiger partial charge in [-0.15, -0.1) is 0 Å². The quantitative estimate of drug-likeness (QED) is 0.394. The first-order chi connectivity index (χ1) is 17.1. The predicted octanol–water partition coefficient (Wildman–Crippen LogP) is 4.77. The molecule has 0 aliphatic heterocycles. The lowest BCUT2D eigenvalue weighted by molar-refractivity contribution is -0.154. The largest absolute Gasteiger partial charge is 0.503 e. The smallest absolute Gasteiger partial charge is 0.328 e. The predicted molar refractivity (Wildman–Crippen MR) is 131 cm³/mol. The third-order valence-corrected chi connectivity index (χ3v) is 5.59. The first-order valence-corrected chi connectivity index (χ1v) is 11.4.